The number of halogens is 1. The van der Waals surface area contributed by atoms with Gasteiger partial charge in [0, 0.05) is 11.1 Å². The summed E-state index contributed by atoms with van der Waals surface area (Å²) >= 11 is 5.89. The maximum atomic E-state index is 5.89. The second-order valence-corrected chi connectivity index (χ2v) is 3.74. The molecule has 64 valence electrons. The van der Waals surface area contributed by atoms with Crippen LogP contribution in [0.15, 0.2) is 18.2 Å². The Morgan fingerprint density at radius 2 is 2.08 bits per heavy atom. The lowest BCUT2D eigenvalue weighted by Crippen LogP contribution is -2.24. The highest BCUT2D eigenvalue weighted by Crippen LogP contribution is 2.24. The fraction of sp³-hybridized carbons (Fsp3) is 0.400. The Bertz CT molecular complexity index is 296. The molecule has 0 heterocycles. The summed E-state index contributed by atoms with van der Waals surface area (Å²) in [5.41, 5.74) is 2.85. The average Bonchev–Trinajstić information content (AvgIpc) is 2.46. The smallest absolute Gasteiger partial charge is 0.0408 e. The lowest BCUT2D eigenvalue weighted by molar-refractivity contribution is 0.593. The molecule has 0 aromatic heterocycles. The van der Waals surface area contributed by atoms with Crippen molar-refractivity contribution < 1.29 is 0 Å². The molecule has 0 saturated heterocycles. The number of benzene rings is 1. The number of likely N-dealkylation sites (N-methyl/N-ethyl adjacent to an activating group) is 1. The Kier molecular flexibility index (Phi) is 2.07. The van der Waals surface area contributed by atoms with Crippen LogP contribution < -0.4 is 5.32 Å². The minimum absolute atomic E-state index is 0.610. The van der Waals surface area contributed by atoms with E-state index < -0.39 is 0 Å². The molecule has 1 aliphatic rings. The van der Waals surface area contributed by atoms with Gasteiger partial charge >= 0.3 is 0 Å². The summed E-state index contributed by atoms with van der Waals surface area (Å²) < 4.78 is 0. The maximum Gasteiger partial charge on any atom is 0.0408 e. The maximum absolute atomic E-state index is 5.89. The van der Waals surface area contributed by atoms with E-state index >= 15 is 0 Å². The molecule has 1 aromatic carbocycles. The van der Waals surface area contributed by atoms with Gasteiger partial charge in [0.25, 0.3) is 0 Å². The van der Waals surface area contributed by atoms with Gasteiger partial charge in [0.15, 0.2) is 0 Å². The minimum atomic E-state index is 0.610. The highest BCUT2D eigenvalue weighted by Gasteiger charge is 2.19. The molecule has 0 saturated carbocycles. The monoisotopic (exact) mass is 181 g/mol. The first-order valence-corrected chi connectivity index (χ1v) is 4.62. The fourth-order valence-electron chi connectivity index (χ4n) is 1.79. The third kappa shape index (κ3) is 1.35. The van der Waals surface area contributed by atoms with Crippen LogP contribution in [0, 0.1) is 0 Å². The molecule has 1 aromatic rings. The van der Waals surface area contributed by atoms with Gasteiger partial charge in [-0.2, -0.15) is 0 Å². The molecule has 12 heavy (non-hydrogen) atoms. The first-order valence-electron chi connectivity index (χ1n) is 4.24. The van der Waals surface area contributed by atoms with Gasteiger partial charge in [-0.3, -0.25) is 0 Å². The number of fused-ring (bicyclic) bond motifs is 1. The zero-order valence-corrected chi connectivity index (χ0v) is 7.86. The number of hydrogen-bond acceptors (Lipinski definition) is 1. The van der Waals surface area contributed by atoms with Crippen LogP contribution in [-0.2, 0) is 12.8 Å². The van der Waals surface area contributed by atoms with Crippen LogP contribution in [0.1, 0.15) is 11.1 Å². The summed E-state index contributed by atoms with van der Waals surface area (Å²) in [5.74, 6) is 0. The van der Waals surface area contributed by atoms with Crippen LogP contribution in [-0.4, -0.2) is 13.1 Å². The van der Waals surface area contributed by atoms with Crippen LogP contribution in [0.25, 0.3) is 0 Å². The summed E-state index contributed by atoms with van der Waals surface area (Å²) in [6.07, 6.45) is 2.26. The number of hydrogen-bond donors (Lipinski definition) is 1. The van der Waals surface area contributed by atoms with E-state index in [9.17, 15) is 0 Å². The third-order valence-corrected chi connectivity index (χ3v) is 2.74. The van der Waals surface area contributed by atoms with Gasteiger partial charge in [0.05, 0.1) is 0 Å². The molecule has 0 radical (unpaired) electrons. The van der Waals surface area contributed by atoms with E-state index in [1.807, 2.05) is 13.1 Å². The van der Waals surface area contributed by atoms with Gasteiger partial charge in [0.2, 0.25) is 0 Å². The van der Waals surface area contributed by atoms with Gasteiger partial charge < -0.3 is 5.32 Å². The van der Waals surface area contributed by atoms with Crippen molar-refractivity contribution in [3.63, 3.8) is 0 Å². The van der Waals surface area contributed by atoms with Crippen LogP contribution in [0.2, 0.25) is 5.02 Å². The van der Waals surface area contributed by atoms with Crippen molar-refractivity contribution in [1.82, 2.24) is 5.32 Å². The van der Waals surface area contributed by atoms with E-state index in [0.29, 0.717) is 6.04 Å². The first-order chi connectivity index (χ1) is 5.79. The lowest BCUT2D eigenvalue weighted by Gasteiger charge is -2.04. The largest absolute Gasteiger partial charge is 0.316 e. The predicted molar refractivity (Wildman–Crippen MR) is 51.7 cm³/mol. The molecule has 1 N–H and O–H groups in total. The van der Waals surface area contributed by atoms with Crippen LogP contribution in [0.5, 0.6) is 0 Å². The number of nitrogens with one attached hydrogen (secondary N) is 1. The zero-order valence-electron chi connectivity index (χ0n) is 7.10. The van der Waals surface area contributed by atoms with Crippen LogP contribution >= 0.6 is 11.6 Å². The average molecular weight is 182 g/mol. The molecule has 0 fully saturated rings. The van der Waals surface area contributed by atoms with Gasteiger partial charge in [0.1, 0.15) is 0 Å². The summed E-state index contributed by atoms with van der Waals surface area (Å²) in [4.78, 5) is 0. The normalized spacial score (nSPS) is 21.0. The molecule has 1 nitrogen and oxygen atoms in total. The summed E-state index contributed by atoms with van der Waals surface area (Å²) in [6.45, 7) is 0. The Morgan fingerprint density at radius 3 is 2.83 bits per heavy atom. The summed E-state index contributed by atoms with van der Waals surface area (Å²) in [7, 11) is 2.01. The second-order valence-electron chi connectivity index (χ2n) is 3.31. The van der Waals surface area contributed by atoms with Crippen molar-refractivity contribution in [1.29, 1.82) is 0 Å². The van der Waals surface area contributed by atoms with Gasteiger partial charge in [-0.15, -0.1) is 0 Å². The van der Waals surface area contributed by atoms with E-state index in [-0.39, 0.29) is 0 Å². The molecule has 0 spiro atoms. The SMILES string of the molecule is CNC1Cc2ccc(Cl)cc2C1. The minimum Gasteiger partial charge on any atom is -0.316 e. The first kappa shape index (κ1) is 8.09. The Hall–Kier alpha value is -0.530. The van der Waals surface area contributed by atoms with Crippen molar-refractivity contribution >= 4 is 11.6 Å². The Balaban J connectivity index is 2.30. The van der Waals surface area contributed by atoms with E-state index in [0.717, 1.165) is 17.9 Å². The van der Waals surface area contributed by atoms with Crippen molar-refractivity contribution in [2.75, 3.05) is 7.05 Å². The topological polar surface area (TPSA) is 12.0 Å². The summed E-state index contributed by atoms with van der Waals surface area (Å²) in [5, 5.41) is 4.14. The fourth-order valence-corrected chi connectivity index (χ4v) is 1.99. The number of rotatable bonds is 1. The predicted octanol–water partition coefficient (Wildman–Crippen LogP) is 2.03. The van der Waals surface area contributed by atoms with Crippen molar-refractivity contribution in [2.45, 2.75) is 18.9 Å². The lowest BCUT2D eigenvalue weighted by atomic mass is 10.1. The highest BCUT2D eigenvalue weighted by atomic mass is 35.5. The highest BCUT2D eigenvalue weighted by molar-refractivity contribution is 6.30. The molecular weight excluding hydrogens is 170 g/mol. The van der Waals surface area contributed by atoms with Gasteiger partial charge in [-0.25, -0.2) is 0 Å². The van der Waals surface area contributed by atoms with Crippen molar-refractivity contribution in [3.05, 3.63) is 34.3 Å². The molecule has 1 atom stereocenters. The van der Waals surface area contributed by atoms with Crippen molar-refractivity contribution in [2.24, 2.45) is 0 Å². The third-order valence-electron chi connectivity index (χ3n) is 2.51. The van der Waals surface area contributed by atoms with E-state index in [4.69, 9.17) is 11.6 Å². The van der Waals surface area contributed by atoms with E-state index in [1.165, 1.54) is 11.1 Å². The standard InChI is InChI=1S/C10H12ClN/c1-12-10-5-7-2-3-9(11)4-8(7)6-10/h2-4,10,12H,5-6H2,1H3. The summed E-state index contributed by atoms with van der Waals surface area (Å²) in [6, 6.07) is 6.79. The molecule has 0 amide bonds. The van der Waals surface area contributed by atoms with Crippen LogP contribution in [0.3, 0.4) is 0 Å². The van der Waals surface area contributed by atoms with Crippen LogP contribution in [0.4, 0.5) is 0 Å². The molecule has 2 rings (SSSR count). The van der Waals surface area contributed by atoms with Crippen molar-refractivity contribution in [3.8, 4) is 0 Å². The zero-order chi connectivity index (χ0) is 8.55. The molecule has 1 unspecified atom stereocenters. The van der Waals surface area contributed by atoms with Gasteiger partial charge in [-0.1, -0.05) is 17.7 Å². The Labute approximate surface area is 77.7 Å². The quantitative estimate of drug-likeness (QED) is 0.699. The molecule has 0 bridgehead atoms. The molecule has 1 aliphatic carbocycles. The van der Waals surface area contributed by atoms with Gasteiger partial charge in [-0.05, 0) is 43.1 Å². The van der Waals surface area contributed by atoms with E-state index in [2.05, 4.69) is 17.4 Å². The second kappa shape index (κ2) is 3.08. The van der Waals surface area contributed by atoms with E-state index in [1.54, 1.807) is 0 Å². The molecular formula is C10H12ClN. The molecule has 2 heteroatoms. The molecule has 0 aliphatic heterocycles. The Morgan fingerprint density at radius 1 is 1.33 bits per heavy atom.